The van der Waals surface area contributed by atoms with E-state index < -0.39 is 44.4 Å². The van der Waals surface area contributed by atoms with Crippen LogP contribution in [0.1, 0.15) is 43.6 Å². The molecule has 0 radical (unpaired) electrons. The predicted molar refractivity (Wildman–Crippen MR) is 117 cm³/mol. The van der Waals surface area contributed by atoms with Gasteiger partial charge in [-0.05, 0) is 55.0 Å². The fourth-order valence-electron chi connectivity index (χ4n) is 4.81. The lowest BCUT2D eigenvalue weighted by atomic mass is 9.93. The molecule has 3 heterocycles. The number of hydrogen-bond donors (Lipinski definition) is 0. The van der Waals surface area contributed by atoms with E-state index in [2.05, 4.69) is 14.7 Å². The summed E-state index contributed by atoms with van der Waals surface area (Å²) in [7, 11) is -3.94. The van der Waals surface area contributed by atoms with Crippen LogP contribution in [0.25, 0.3) is 0 Å². The van der Waals surface area contributed by atoms with Gasteiger partial charge < -0.3 is 14.3 Å². The Labute approximate surface area is 204 Å². The molecule has 1 atom stereocenters. The normalized spacial score (nSPS) is 20.6. The molecule has 14 heteroatoms. The van der Waals surface area contributed by atoms with Gasteiger partial charge in [0.05, 0.1) is 0 Å². The third kappa shape index (κ3) is 5.62. The molecule has 2 fully saturated rings. The number of piperidine rings is 1. The Hall–Kier alpha value is -2.77. The van der Waals surface area contributed by atoms with Crippen molar-refractivity contribution in [2.45, 2.75) is 55.6 Å². The Kier molecular flexibility index (Phi) is 7.26. The van der Waals surface area contributed by atoms with Gasteiger partial charge in [0.25, 0.3) is 5.95 Å². The summed E-state index contributed by atoms with van der Waals surface area (Å²) in [5.74, 6) is -4.32. The van der Waals surface area contributed by atoms with Crippen molar-refractivity contribution in [2.24, 2.45) is 5.92 Å². The summed E-state index contributed by atoms with van der Waals surface area (Å²) >= 11 is 0. The van der Waals surface area contributed by atoms with Crippen LogP contribution in [-0.4, -0.2) is 61.3 Å². The van der Waals surface area contributed by atoms with Crippen LogP contribution in [0.3, 0.4) is 0 Å². The van der Waals surface area contributed by atoms with Crippen molar-refractivity contribution in [3.05, 3.63) is 35.2 Å². The Morgan fingerprint density at radius 3 is 2.36 bits per heavy atom. The van der Waals surface area contributed by atoms with Crippen molar-refractivity contribution >= 4 is 21.7 Å². The van der Waals surface area contributed by atoms with E-state index in [1.807, 2.05) is 0 Å². The van der Waals surface area contributed by atoms with E-state index in [-0.39, 0.29) is 29.9 Å². The van der Waals surface area contributed by atoms with Gasteiger partial charge >= 0.3 is 12.1 Å². The van der Waals surface area contributed by atoms with Crippen molar-refractivity contribution in [1.29, 1.82) is 0 Å². The molecule has 0 N–H and O–H groups in total. The van der Waals surface area contributed by atoms with Crippen LogP contribution in [0.15, 0.2) is 21.6 Å². The maximum absolute atomic E-state index is 14.6. The fraction of sp³-hybridized carbons (Fsp3) is 0.591. The second-order valence-electron chi connectivity index (χ2n) is 9.19. The Balaban J connectivity index is 1.43. The Morgan fingerprint density at radius 1 is 1.06 bits per heavy atom. The van der Waals surface area contributed by atoms with Crippen LogP contribution in [0, 0.1) is 17.6 Å². The van der Waals surface area contributed by atoms with Gasteiger partial charge in [-0.1, -0.05) is 6.42 Å². The van der Waals surface area contributed by atoms with Crippen molar-refractivity contribution in [1.82, 2.24) is 15.0 Å². The van der Waals surface area contributed by atoms with Gasteiger partial charge in [-0.3, -0.25) is 4.79 Å². The summed E-state index contributed by atoms with van der Waals surface area (Å²) in [4.78, 5) is 19.3. The molecular weight excluding hydrogens is 511 g/mol. The van der Waals surface area contributed by atoms with E-state index in [0.29, 0.717) is 51.4 Å². The number of likely N-dealkylation sites (tertiary alicyclic amines) is 1. The summed E-state index contributed by atoms with van der Waals surface area (Å²) in [6, 6.07) is 1.32. The average Bonchev–Trinajstić information content (AvgIpc) is 3.23. The van der Waals surface area contributed by atoms with Crippen LogP contribution < -0.4 is 4.90 Å². The van der Waals surface area contributed by atoms with Gasteiger partial charge in [0.15, 0.2) is 9.84 Å². The van der Waals surface area contributed by atoms with Crippen LogP contribution >= 0.6 is 0 Å². The summed E-state index contributed by atoms with van der Waals surface area (Å²) in [6.07, 6.45) is -1.15. The maximum atomic E-state index is 14.6. The highest BCUT2D eigenvalue weighted by molar-refractivity contribution is 7.90. The van der Waals surface area contributed by atoms with Crippen molar-refractivity contribution < 1.29 is 39.7 Å². The molecule has 1 amide bonds. The molecule has 1 aromatic heterocycles. The van der Waals surface area contributed by atoms with Gasteiger partial charge in [0.1, 0.15) is 16.5 Å². The SMILES string of the molecule is CS(=O)(=O)c1cc(F)c(C[C@H]2CCCCN(C3CCN(c4noc(C(F)(F)F)n4)CC3)C2=O)cc1F. The first-order valence-electron chi connectivity index (χ1n) is 11.5. The van der Waals surface area contributed by atoms with Gasteiger partial charge in [-0.25, -0.2) is 17.2 Å². The van der Waals surface area contributed by atoms with Gasteiger partial charge in [0.2, 0.25) is 5.91 Å². The lowest BCUT2D eigenvalue weighted by molar-refractivity contribution is -0.159. The molecule has 0 spiro atoms. The van der Waals surface area contributed by atoms with Gasteiger partial charge in [0, 0.05) is 37.8 Å². The molecule has 0 bridgehead atoms. The number of sulfone groups is 1. The molecule has 0 unspecified atom stereocenters. The highest BCUT2D eigenvalue weighted by Gasteiger charge is 2.40. The van der Waals surface area contributed by atoms with E-state index in [1.165, 1.54) is 0 Å². The minimum atomic E-state index is -4.73. The predicted octanol–water partition coefficient (Wildman–Crippen LogP) is 3.61. The molecular formula is C22H25F5N4O4S. The number of benzene rings is 1. The van der Waals surface area contributed by atoms with Crippen molar-refractivity contribution in [3.63, 3.8) is 0 Å². The quantitative estimate of drug-likeness (QED) is 0.539. The summed E-state index contributed by atoms with van der Waals surface area (Å²) in [6.45, 7) is 1.13. The number of alkyl halides is 3. The molecule has 8 nitrogen and oxygen atoms in total. The first-order chi connectivity index (χ1) is 16.8. The molecule has 2 aliphatic rings. The number of halogens is 5. The lowest BCUT2D eigenvalue weighted by Gasteiger charge is -2.38. The van der Waals surface area contributed by atoms with E-state index in [9.17, 15) is 35.2 Å². The number of rotatable bonds is 5. The standard InChI is InChI=1S/C22H25F5N4O4S/c1-36(33,34)18-12-16(23)14(11-17(18)24)10-13-4-2-3-7-31(19(13)32)15-5-8-30(9-6-15)21-28-20(35-29-21)22(25,26)27/h11-13,15H,2-10H2,1H3/t13-/m1/s1. The molecule has 0 saturated carbocycles. The largest absolute Gasteiger partial charge is 0.471 e. The first kappa shape index (κ1) is 26.3. The number of carbonyl (C=O) groups excluding carboxylic acids is 1. The molecule has 198 valence electrons. The van der Waals surface area contributed by atoms with Crippen LogP contribution in [-0.2, 0) is 27.2 Å². The number of amides is 1. The van der Waals surface area contributed by atoms with Gasteiger partial charge in [-0.2, -0.15) is 18.2 Å². The van der Waals surface area contributed by atoms with E-state index in [1.54, 1.807) is 9.80 Å². The molecule has 4 rings (SSSR count). The number of carbonyl (C=O) groups is 1. The Morgan fingerprint density at radius 2 is 1.75 bits per heavy atom. The smallest absolute Gasteiger partial charge is 0.339 e. The average molecular weight is 537 g/mol. The van der Waals surface area contributed by atoms with Gasteiger partial charge in [-0.15, -0.1) is 0 Å². The van der Waals surface area contributed by atoms with Crippen LogP contribution in [0.4, 0.5) is 27.9 Å². The molecule has 2 aromatic rings. The molecule has 36 heavy (non-hydrogen) atoms. The third-order valence-corrected chi connectivity index (χ3v) is 7.76. The maximum Gasteiger partial charge on any atom is 0.471 e. The zero-order valence-electron chi connectivity index (χ0n) is 19.4. The van der Waals surface area contributed by atoms with E-state index in [4.69, 9.17) is 0 Å². The topological polar surface area (TPSA) is 96.6 Å². The van der Waals surface area contributed by atoms with Crippen molar-refractivity contribution in [3.8, 4) is 0 Å². The minimum absolute atomic E-state index is 0.0625. The zero-order valence-corrected chi connectivity index (χ0v) is 20.2. The highest BCUT2D eigenvalue weighted by Crippen LogP contribution is 2.31. The first-order valence-corrected chi connectivity index (χ1v) is 13.4. The number of anilines is 1. The molecule has 1 aromatic carbocycles. The zero-order chi connectivity index (χ0) is 26.3. The fourth-order valence-corrected chi connectivity index (χ4v) is 5.54. The Bertz CT molecular complexity index is 1230. The monoisotopic (exact) mass is 536 g/mol. The summed E-state index contributed by atoms with van der Waals surface area (Å²) in [5, 5.41) is 3.40. The highest BCUT2D eigenvalue weighted by atomic mass is 32.2. The number of aromatic nitrogens is 2. The van der Waals surface area contributed by atoms with Crippen molar-refractivity contribution in [2.75, 3.05) is 30.8 Å². The molecule has 0 aliphatic carbocycles. The lowest BCUT2D eigenvalue weighted by Crippen LogP contribution is -2.49. The number of hydrogen-bond acceptors (Lipinski definition) is 7. The van der Waals surface area contributed by atoms with E-state index >= 15 is 0 Å². The van der Waals surface area contributed by atoms with Crippen LogP contribution in [0.5, 0.6) is 0 Å². The summed E-state index contributed by atoms with van der Waals surface area (Å²) in [5.41, 5.74) is -0.0625. The third-order valence-electron chi connectivity index (χ3n) is 6.65. The van der Waals surface area contributed by atoms with E-state index in [0.717, 1.165) is 18.7 Å². The number of nitrogens with zero attached hydrogens (tertiary/aromatic N) is 4. The summed E-state index contributed by atoms with van der Waals surface area (Å²) < 4.78 is 94.8. The second kappa shape index (κ2) is 9.94. The second-order valence-corrected chi connectivity index (χ2v) is 11.2. The molecule has 2 saturated heterocycles. The minimum Gasteiger partial charge on any atom is -0.339 e. The molecule has 2 aliphatic heterocycles. The van der Waals surface area contributed by atoms with Crippen LogP contribution in [0.2, 0.25) is 0 Å².